The van der Waals surface area contributed by atoms with Crippen LogP contribution in [0, 0.1) is 17.3 Å². The van der Waals surface area contributed by atoms with Crippen LogP contribution < -0.4 is 0 Å². The van der Waals surface area contributed by atoms with Crippen LogP contribution in [0.1, 0.15) is 52.9 Å². The molecule has 0 saturated heterocycles. The third-order valence-electron chi connectivity index (χ3n) is 3.70. The molecule has 2 unspecified atom stereocenters. The summed E-state index contributed by atoms with van der Waals surface area (Å²) in [5, 5.41) is 8.80. The minimum Gasteiger partial charge on any atom is -0.396 e. The molecular weight excluding hydrogens is 188 g/mol. The maximum atomic E-state index is 11.7. The second kappa shape index (κ2) is 5.11. The number of carbonyl (C=O) groups excluding carboxylic acids is 1. The van der Waals surface area contributed by atoms with Gasteiger partial charge in [-0.15, -0.1) is 0 Å². The third kappa shape index (κ3) is 3.60. The van der Waals surface area contributed by atoms with Crippen molar-refractivity contribution in [3.63, 3.8) is 0 Å². The highest BCUT2D eigenvalue weighted by Gasteiger charge is 2.34. The molecule has 0 aromatic rings. The first-order chi connectivity index (χ1) is 6.95. The highest BCUT2D eigenvalue weighted by atomic mass is 16.2. The van der Waals surface area contributed by atoms with Gasteiger partial charge in [-0.25, -0.2) is 0 Å². The fourth-order valence-electron chi connectivity index (χ4n) is 2.52. The van der Waals surface area contributed by atoms with Crippen LogP contribution in [0.5, 0.6) is 0 Å². The summed E-state index contributed by atoms with van der Waals surface area (Å²) in [5.41, 5.74) is 0.318. The predicted molar refractivity (Wildman–Crippen MR) is 61.6 cm³/mol. The molecule has 0 radical (unpaired) electrons. The van der Waals surface area contributed by atoms with Crippen molar-refractivity contribution in [2.45, 2.75) is 52.9 Å². The molecule has 2 nitrogen and oxygen atoms in total. The normalized spacial score (nSPS) is 28.1. The molecule has 1 aliphatic rings. The monoisotopic (exact) mass is 212 g/mol. The maximum Gasteiger partial charge on any atom is 0.135 e. The molecule has 2 heteroatoms. The summed E-state index contributed by atoms with van der Waals surface area (Å²) in [7, 11) is 0. The van der Waals surface area contributed by atoms with Crippen molar-refractivity contribution in [2.24, 2.45) is 17.3 Å². The van der Waals surface area contributed by atoms with E-state index < -0.39 is 0 Å². The Morgan fingerprint density at radius 1 is 1.40 bits per heavy atom. The molecule has 0 bridgehead atoms. The second-order valence-electron chi connectivity index (χ2n) is 5.87. The number of ketones is 1. The minimum atomic E-state index is 0.212. The lowest BCUT2D eigenvalue weighted by atomic mass is 9.68. The average Bonchev–Trinajstić information content (AvgIpc) is 2.15. The van der Waals surface area contributed by atoms with E-state index >= 15 is 0 Å². The Kier molecular flexibility index (Phi) is 4.32. The van der Waals surface area contributed by atoms with Crippen molar-refractivity contribution >= 4 is 5.78 Å². The van der Waals surface area contributed by atoms with Crippen LogP contribution in [-0.4, -0.2) is 17.5 Å². The van der Waals surface area contributed by atoms with Gasteiger partial charge in [-0.05, 0) is 37.0 Å². The molecule has 2 atom stereocenters. The summed E-state index contributed by atoms with van der Waals surface area (Å²) in [4.78, 5) is 11.7. The van der Waals surface area contributed by atoms with Crippen LogP contribution in [0.2, 0.25) is 0 Å². The average molecular weight is 212 g/mol. The first-order valence-corrected chi connectivity index (χ1v) is 6.08. The Balaban J connectivity index is 2.52. The van der Waals surface area contributed by atoms with E-state index in [0.717, 1.165) is 32.1 Å². The Bertz CT molecular complexity index is 215. The summed E-state index contributed by atoms with van der Waals surface area (Å²) >= 11 is 0. The smallest absolute Gasteiger partial charge is 0.135 e. The van der Waals surface area contributed by atoms with Crippen LogP contribution in [0.15, 0.2) is 0 Å². The fraction of sp³-hybridized carbons (Fsp3) is 0.923. The fourth-order valence-corrected chi connectivity index (χ4v) is 2.52. The number of hydrogen-bond acceptors (Lipinski definition) is 2. The molecule has 1 saturated carbocycles. The molecule has 0 aromatic carbocycles. The maximum absolute atomic E-state index is 11.7. The van der Waals surface area contributed by atoms with Gasteiger partial charge in [0, 0.05) is 18.9 Å². The van der Waals surface area contributed by atoms with Crippen molar-refractivity contribution in [3.05, 3.63) is 0 Å². The lowest BCUT2D eigenvalue weighted by Crippen LogP contribution is -2.32. The summed E-state index contributed by atoms with van der Waals surface area (Å²) in [6.45, 7) is 6.99. The summed E-state index contributed by atoms with van der Waals surface area (Å²) in [6, 6.07) is 0. The summed E-state index contributed by atoms with van der Waals surface area (Å²) < 4.78 is 0. The van der Waals surface area contributed by atoms with Gasteiger partial charge >= 0.3 is 0 Å². The van der Waals surface area contributed by atoms with Crippen molar-refractivity contribution in [1.29, 1.82) is 0 Å². The topological polar surface area (TPSA) is 37.3 Å². The molecule has 0 aliphatic heterocycles. The van der Waals surface area contributed by atoms with Crippen LogP contribution in [-0.2, 0) is 4.79 Å². The molecule has 15 heavy (non-hydrogen) atoms. The minimum absolute atomic E-state index is 0.212. The van der Waals surface area contributed by atoms with Crippen molar-refractivity contribution in [3.8, 4) is 0 Å². The third-order valence-corrected chi connectivity index (χ3v) is 3.70. The molecule has 1 aliphatic carbocycles. The standard InChI is InChI=1S/C13H24O2/c1-13(2,3)11-6-7-12(15)10(9-11)5-4-8-14/h10-11,14H,4-9H2,1-3H3. The van der Waals surface area contributed by atoms with E-state index in [-0.39, 0.29) is 12.5 Å². The van der Waals surface area contributed by atoms with Crippen LogP contribution in [0.3, 0.4) is 0 Å². The molecule has 1 rings (SSSR count). The zero-order chi connectivity index (χ0) is 11.5. The van der Waals surface area contributed by atoms with Gasteiger partial charge in [0.25, 0.3) is 0 Å². The summed E-state index contributed by atoms with van der Waals surface area (Å²) in [5.74, 6) is 1.30. The molecule has 1 N–H and O–H groups in total. The SMILES string of the molecule is CC(C)(C)C1CCC(=O)C(CCCO)C1. The van der Waals surface area contributed by atoms with Crippen molar-refractivity contribution in [1.82, 2.24) is 0 Å². The van der Waals surface area contributed by atoms with Crippen molar-refractivity contribution in [2.75, 3.05) is 6.61 Å². The van der Waals surface area contributed by atoms with Gasteiger partial charge in [0.2, 0.25) is 0 Å². The highest BCUT2D eigenvalue weighted by Crippen LogP contribution is 2.40. The van der Waals surface area contributed by atoms with Crippen molar-refractivity contribution < 1.29 is 9.90 Å². The molecule has 0 heterocycles. The van der Waals surface area contributed by atoms with Gasteiger partial charge < -0.3 is 5.11 Å². The molecule has 0 aromatic heterocycles. The zero-order valence-electron chi connectivity index (χ0n) is 10.3. The lowest BCUT2D eigenvalue weighted by molar-refractivity contribution is -0.126. The van der Waals surface area contributed by atoms with E-state index in [1.165, 1.54) is 0 Å². The first-order valence-electron chi connectivity index (χ1n) is 6.08. The summed E-state index contributed by atoms with van der Waals surface area (Å²) in [6.07, 6.45) is 4.48. The second-order valence-corrected chi connectivity index (χ2v) is 5.87. The molecule has 0 amide bonds. The lowest BCUT2D eigenvalue weighted by Gasteiger charge is -2.37. The van der Waals surface area contributed by atoms with Gasteiger partial charge in [0.05, 0.1) is 0 Å². The van der Waals surface area contributed by atoms with Crippen LogP contribution in [0.25, 0.3) is 0 Å². The van der Waals surface area contributed by atoms with E-state index in [9.17, 15) is 4.79 Å². The van der Waals surface area contributed by atoms with E-state index in [1.807, 2.05) is 0 Å². The van der Waals surface area contributed by atoms with E-state index in [4.69, 9.17) is 5.11 Å². The van der Waals surface area contributed by atoms with E-state index in [0.29, 0.717) is 17.1 Å². The van der Waals surface area contributed by atoms with Crippen LogP contribution in [0.4, 0.5) is 0 Å². The number of aliphatic hydroxyl groups excluding tert-OH is 1. The van der Waals surface area contributed by atoms with Gasteiger partial charge in [-0.2, -0.15) is 0 Å². The van der Waals surface area contributed by atoms with Gasteiger partial charge in [0.1, 0.15) is 5.78 Å². The molecule has 0 spiro atoms. The Morgan fingerprint density at radius 2 is 2.07 bits per heavy atom. The van der Waals surface area contributed by atoms with Gasteiger partial charge in [0.15, 0.2) is 0 Å². The Labute approximate surface area is 93.1 Å². The number of Topliss-reactive ketones (excluding diaryl/α,β-unsaturated/α-hetero) is 1. The van der Waals surface area contributed by atoms with E-state index in [2.05, 4.69) is 20.8 Å². The number of carbonyl (C=O) groups is 1. The largest absolute Gasteiger partial charge is 0.396 e. The van der Waals surface area contributed by atoms with Gasteiger partial charge in [-0.3, -0.25) is 4.79 Å². The van der Waals surface area contributed by atoms with Crippen LogP contribution >= 0.6 is 0 Å². The Morgan fingerprint density at radius 3 is 2.60 bits per heavy atom. The molecule has 88 valence electrons. The number of rotatable bonds is 3. The Hall–Kier alpha value is -0.370. The first kappa shape index (κ1) is 12.7. The number of hydrogen-bond donors (Lipinski definition) is 1. The zero-order valence-corrected chi connectivity index (χ0v) is 10.3. The number of aliphatic hydroxyl groups is 1. The molecular formula is C13H24O2. The van der Waals surface area contributed by atoms with Gasteiger partial charge in [-0.1, -0.05) is 20.8 Å². The highest BCUT2D eigenvalue weighted by molar-refractivity contribution is 5.81. The molecule has 1 fully saturated rings. The predicted octanol–water partition coefficient (Wildman–Crippen LogP) is 2.79. The quantitative estimate of drug-likeness (QED) is 0.781. The van der Waals surface area contributed by atoms with E-state index in [1.54, 1.807) is 0 Å².